The number of terminal acetylenes is 2. The van der Waals surface area contributed by atoms with Gasteiger partial charge >= 0.3 is 0 Å². The van der Waals surface area contributed by atoms with Crippen LogP contribution in [-0.4, -0.2) is 100 Å². The summed E-state index contributed by atoms with van der Waals surface area (Å²) in [7, 11) is 0. The number of amides is 1. The molecule has 11 nitrogen and oxygen atoms in total. The summed E-state index contributed by atoms with van der Waals surface area (Å²) in [6, 6.07) is -0.359. The minimum Gasteiger partial charge on any atom is -0.392 e. The Labute approximate surface area is 355 Å². The maximum atomic E-state index is 14.7. The smallest absolute Gasteiger partial charge is 0.226 e. The lowest BCUT2D eigenvalue weighted by Crippen LogP contribution is -2.65. The van der Waals surface area contributed by atoms with Crippen molar-refractivity contribution >= 4 is 11.7 Å². The van der Waals surface area contributed by atoms with Crippen LogP contribution < -0.4 is 10.6 Å². The van der Waals surface area contributed by atoms with Crippen molar-refractivity contribution in [2.24, 2.45) is 41.4 Å². The van der Waals surface area contributed by atoms with Gasteiger partial charge < -0.3 is 39.2 Å². The summed E-state index contributed by atoms with van der Waals surface area (Å²) in [5, 5.41) is 29.4. The third-order valence-corrected chi connectivity index (χ3v) is 15.3. The molecule has 0 radical (unpaired) electrons. The largest absolute Gasteiger partial charge is 0.392 e. The van der Waals surface area contributed by atoms with Crippen molar-refractivity contribution in [3.63, 3.8) is 0 Å². The number of aliphatic hydroxyl groups is 2. The third-order valence-electron chi connectivity index (χ3n) is 15.3. The first kappa shape index (κ1) is 47.7. The number of nitrogens with one attached hydrogen (secondary N) is 2. The van der Waals surface area contributed by atoms with E-state index >= 15 is 0 Å². The van der Waals surface area contributed by atoms with Crippen LogP contribution in [0.2, 0.25) is 0 Å². The summed E-state index contributed by atoms with van der Waals surface area (Å²) >= 11 is 0. The van der Waals surface area contributed by atoms with Crippen LogP contribution in [0, 0.1) is 66.1 Å². The average molecular weight is 825 g/mol. The molecule has 1 amide bonds. The van der Waals surface area contributed by atoms with Gasteiger partial charge in [-0.2, -0.15) is 0 Å². The van der Waals surface area contributed by atoms with Crippen LogP contribution in [-0.2, 0) is 33.3 Å². The summed E-state index contributed by atoms with van der Waals surface area (Å²) in [5.74, 6) is 0.932. The quantitative estimate of drug-likeness (QED) is 0.113. The lowest BCUT2D eigenvalue weighted by molar-refractivity contribution is -0.398. The molecule has 4 N–H and O–H groups in total. The molecule has 59 heavy (non-hydrogen) atoms. The van der Waals surface area contributed by atoms with Gasteiger partial charge in [-0.15, -0.1) is 12.8 Å². The highest BCUT2D eigenvalue weighted by Gasteiger charge is 2.63. The number of hydrogen-bond acceptors (Lipinski definition) is 10. The Bertz CT molecular complexity index is 1580. The summed E-state index contributed by atoms with van der Waals surface area (Å²) in [4.78, 5) is 27.6. The van der Waals surface area contributed by atoms with E-state index in [0.717, 1.165) is 19.3 Å². The van der Waals surface area contributed by atoms with Crippen molar-refractivity contribution in [2.45, 2.75) is 199 Å². The molecule has 5 heterocycles. The minimum atomic E-state index is -1.18. The Morgan fingerprint density at radius 1 is 0.898 bits per heavy atom. The summed E-state index contributed by atoms with van der Waals surface area (Å²) < 4.78 is 34.7. The van der Waals surface area contributed by atoms with Crippen LogP contribution in [0.15, 0.2) is 12.2 Å². The molecular weight excluding hydrogens is 749 g/mol. The molecule has 0 bridgehead atoms. The van der Waals surface area contributed by atoms with Crippen molar-refractivity contribution in [2.75, 3.05) is 13.1 Å². The topological polar surface area (TPSA) is 145 Å². The highest BCUT2D eigenvalue weighted by atomic mass is 16.8. The first-order valence-electron chi connectivity index (χ1n) is 22.8. The lowest BCUT2D eigenvalue weighted by Gasteiger charge is -2.55. The van der Waals surface area contributed by atoms with Crippen LogP contribution in [0.5, 0.6) is 0 Å². The Balaban J connectivity index is 1.34. The van der Waals surface area contributed by atoms with Crippen LogP contribution in [0.1, 0.15) is 133 Å². The van der Waals surface area contributed by atoms with Crippen molar-refractivity contribution < 1.29 is 43.5 Å². The molecule has 0 unspecified atom stereocenters. The summed E-state index contributed by atoms with van der Waals surface area (Å²) in [5.41, 5.74) is -1.55. The van der Waals surface area contributed by atoms with E-state index in [1.807, 2.05) is 47.6 Å². The van der Waals surface area contributed by atoms with Gasteiger partial charge in [0.05, 0.1) is 72.9 Å². The normalized spacial score (nSPS) is 42.3. The summed E-state index contributed by atoms with van der Waals surface area (Å²) in [6.07, 6.45) is 19.2. The molecule has 5 aliphatic rings. The molecule has 0 aromatic carbocycles. The number of carbonyl (C=O) groups is 2. The number of ether oxygens (including phenoxy) is 5. The van der Waals surface area contributed by atoms with E-state index < -0.39 is 46.8 Å². The predicted molar refractivity (Wildman–Crippen MR) is 227 cm³/mol. The molecule has 4 saturated heterocycles. The number of ketones is 1. The van der Waals surface area contributed by atoms with E-state index in [4.69, 9.17) is 36.5 Å². The zero-order chi connectivity index (χ0) is 43.5. The third kappa shape index (κ3) is 9.54. The molecule has 11 heteroatoms. The molecule has 5 rings (SSSR count). The fraction of sp³-hybridized carbons (Fsp3) is 0.833. The highest BCUT2D eigenvalue weighted by molar-refractivity contribution is 5.84. The second kappa shape index (κ2) is 19.4. The van der Waals surface area contributed by atoms with Crippen LogP contribution in [0.3, 0.4) is 0 Å². The van der Waals surface area contributed by atoms with E-state index in [1.165, 1.54) is 0 Å². The SMILES string of the molecule is C#CCNC(=O)[C@H](CC)[C@H]1CC[C@H](C)[C@H]([C@@H](C)[C@H](O)[C@H](C)C(=O)[C@H](CC)[C@H]2O[C@]3(C=C[C@@H](NCC#C)[C@]4(CC[C@@](C)([C@H]5CC[C@](O)(CC)[C@H](C)O5)O4)O3)[C@H](C)C[C@@H]2C)O1. The molecule has 4 fully saturated rings. The van der Waals surface area contributed by atoms with Crippen molar-refractivity contribution in [1.82, 2.24) is 10.6 Å². The van der Waals surface area contributed by atoms with Gasteiger partial charge in [-0.1, -0.05) is 73.3 Å². The number of Topliss-reactive ketones (excluding diaryl/α,β-unsaturated/α-hetero) is 1. The Hall–Kier alpha value is -2.32. The van der Waals surface area contributed by atoms with Gasteiger partial charge in [0.2, 0.25) is 5.91 Å². The molecular formula is C48H76N2O9. The van der Waals surface area contributed by atoms with Gasteiger partial charge in [0, 0.05) is 30.1 Å². The van der Waals surface area contributed by atoms with Gasteiger partial charge in [-0.3, -0.25) is 14.9 Å². The molecule has 2 spiro atoms. The second-order valence-corrected chi connectivity index (χ2v) is 19.1. The van der Waals surface area contributed by atoms with E-state index in [2.05, 4.69) is 56.2 Å². The fourth-order valence-electron chi connectivity index (χ4n) is 11.2. The Morgan fingerprint density at radius 3 is 2.22 bits per heavy atom. The van der Waals surface area contributed by atoms with Gasteiger partial charge in [0.15, 0.2) is 11.6 Å². The minimum absolute atomic E-state index is 0.0368. The number of rotatable bonds is 15. The first-order chi connectivity index (χ1) is 27.9. The standard InChI is InChI=1S/C48H76N2O9/c1-13-26-49-38-20-23-47(59-48(38)25-24-45(12,58-48)39-21-22-46(54,17-5)34(11)55-39)31(8)28-30(7)43(57-47)36(16-4)41(52)32(9)40(51)33(10)42-29(6)18-19-37(56-42)35(15-3)44(53)50-27-14-2/h1-2,20,23,29-40,42-43,49,51,54H,15-19,21-22,24-28H2,3-12H3,(H,50,53)/t29-,30-,31+,32-,33-,34-,35+,36-,37+,38+,39+,40+,42+,43-,45-,46+,47-,48-/m0/s1. The van der Waals surface area contributed by atoms with Crippen LogP contribution >= 0.6 is 0 Å². The zero-order valence-electron chi connectivity index (χ0n) is 37.6. The maximum absolute atomic E-state index is 14.7. The summed E-state index contributed by atoms with van der Waals surface area (Å²) in [6.45, 7) is 20.6. The highest BCUT2D eigenvalue weighted by Crippen LogP contribution is 2.54. The van der Waals surface area contributed by atoms with Gasteiger partial charge in [0.25, 0.3) is 0 Å². The van der Waals surface area contributed by atoms with Crippen LogP contribution in [0.4, 0.5) is 0 Å². The predicted octanol–water partition coefficient (Wildman–Crippen LogP) is 6.08. The Kier molecular flexibility index (Phi) is 15.7. The molecule has 0 aromatic rings. The molecule has 332 valence electrons. The van der Waals surface area contributed by atoms with Crippen molar-refractivity contribution in [3.8, 4) is 24.7 Å². The van der Waals surface area contributed by atoms with E-state index in [1.54, 1.807) is 0 Å². The van der Waals surface area contributed by atoms with Crippen molar-refractivity contribution in [3.05, 3.63) is 12.2 Å². The lowest BCUT2D eigenvalue weighted by atomic mass is 9.72. The second-order valence-electron chi connectivity index (χ2n) is 19.1. The molecule has 0 aromatic heterocycles. The molecule has 5 aliphatic heterocycles. The number of carbonyl (C=O) groups excluding carboxylic acids is 2. The van der Waals surface area contributed by atoms with E-state index in [-0.39, 0.29) is 78.3 Å². The van der Waals surface area contributed by atoms with Crippen molar-refractivity contribution in [1.29, 1.82) is 0 Å². The molecule has 0 saturated carbocycles. The monoisotopic (exact) mass is 825 g/mol. The average Bonchev–Trinajstić information content (AvgIpc) is 3.56. The molecule has 18 atom stereocenters. The molecule has 0 aliphatic carbocycles. The fourth-order valence-corrected chi connectivity index (χ4v) is 11.2. The Morgan fingerprint density at radius 2 is 1.59 bits per heavy atom. The number of hydrogen-bond donors (Lipinski definition) is 4. The van der Waals surface area contributed by atoms with Gasteiger partial charge in [-0.05, 0) is 89.5 Å². The van der Waals surface area contributed by atoms with Gasteiger partial charge in [-0.25, -0.2) is 0 Å². The van der Waals surface area contributed by atoms with E-state index in [0.29, 0.717) is 51.5 Å². The van der Waals surface area contributed by atoms with E-state index in [9.17, 15) is 19.8 Å². The number of aliphatic hydroxyl groups excluding tert-OH is 1. The van der Waals surface area contributed by atoms with Gasteiger partial charge in [0.1, 0.15) is 5.78 Å². The zero-order valence-corrected chi connectivity index (χ0v) is 37.6. The van der Waals surface area contributed by atoms with Crippen LogP contribution in [0.25, 0.3) is 0 Å². The maximum Gasteiger partial charge on any atom is 0.226 e. The first-order valence-corrected chi connectivity index (χ1v) is 22.8.